The molecular formula is C11H8ClN3O3S. The minimum atomic E-state index is -1.14. The van der Waals surface area contributed by atoms with Gasteiger partial charge in [-0.05, 0) is 24.8 Å². The van der Waals surface area contributed by atoms with Crippen LogP contribution in [0.25, 0.3) is 0 Å². The summed E-state index contributed by atoms with van der Waals surface area (Å²) in [5, 5.41) is 9.74. The van der Waals surface area contributed by atoms with Gasteiger partial charge in [-0.2, -0.15) is 0 Å². The Morgan fingerprint density at radius 2 is 2.21 bits per heavy atom. The van der Waals surface area contributed by atoms with Gasteiger partial charge in [-0.1, -0.05) is 11.6 Å². The molecule has 2 heterocycles. The summed E-state index contributed by atoms with van der Waals surface area (Å²) in [5.41, 5.74) is 0.246. The average Bonchev–Trinajstić information content (AvgIpc) is 2.30. The second-order valence-electron chi connectivity index (χ2n) is 3.60. The minimum Gasteiger partial charge on any atom is -0.478 e. The van der Waals surface area contributed by atoms with Crippen LogP contribution >= 0.6 is 23.4 Å². The smallest absolute Gasteiger partial charge is 0.337 e. The van der Waals surface area contributed by atoms with Crippen LogP contribution in [-0.2, 0) is 0 Å². The molecule has 8 heteroatoms. The number of H-pyrrole nitrogens is 1. The number of nitrogens with one attached hydrogen (secondary N) is 1. The first-order valence-corrected chi connectivity index (χ1v) is 6.30. The lowest BCUT2D eigenvalue weighted by atomic mass is 10.3. The third-order valence-electron chi connectivity index (χ3n) is 2.11. The van der Waals surface area contributed by atoms with Crippen molar-refractivity contribution in [3.63, 3.8) is 0 Å². The van der Waals surface area contributed by atoms with Crippen LogP contribution in [0, 0.1) is 6.92 Å². The van der Waals surface area contributed by atoms with Crippen LogP contribution in [0.2, 0.25) is 5.02 Å². The molecule has 0 unspecified atom stereocenters. The standard InChI is InChI=1S/C11H8ClN3O3S/c1-5-2-8(16)15-11(14-5)19-9-3-6(10(17)18)7(12)4-13-9/h2-4H,1H3,(H,17,18)(H,14,15,16). The van der Waals surface area contributed by atoms with Gasteiger partial charge in [0, 0.05) is 18.0 Å². The molecule has 0 spiro atoms. The molecule has 0 aromatic carbocycles. The fourth-order valence-electron chi connectivity index (χ4n) is 1.34. The molecule has 0 saturated heterocycles. The van der Waals surface area contributed by atoms with E-state index in [0.717, 1.165) is 11.8 Å². The number of nitrogens with zero attached hydrogens (tertiary/aromatic N) is 2. The summed E-state index contributed by atoms with van der Waals surface area (Å²) in [6.45, 7) is 1.69. The number of carboxylic acids is 1. The summed E-state index contributed by atoms with van der Waals surface area (Å²) < 4.78 is 0. The van der Waals surface area contributed by atoms with E-state index < -0.39 is 5.97 Å². The monoisotopic (exact) mass is 297 g/mol. The second-order valence-corrected chi connectivity index (χ2v) is 5.02. The second kappa shape index (κ2) is 5.41. The third-order valence-corrected chi connectivity index (χ3v) is 3.23. The largest absolute Gasteiger partial charge is 0.478 e. The van der Waals surface area contributed by atoms with Gasteiger partial charge in [-0.3, -0.25) is 4.79 Å². The van der Waals surface area contributed by atoms with Crippen LogP contribution in [0.1, 0.15) is 16.1 Å². The van der Waals surface area contributed by atoms with Crippen LogP contribution in [0.15, 0.2) is 33.3 Å². The topological polar surface area (TPSA) is 95.9 Å². The summed E-state index contributed by atoms with van der Waals surface area (Å²) in [5.74, 6) is -1.14. The number of carboxylic acid groups (broad SMARTS) is 1. The normalized spacial score (nSPS) is 10.4. The maximum absolute atomic E-state index is 11.3. The molecule has 2 aromatic rings. The highest BCUT2D eigenvalue weighted by Gasteiger charge is 2.12. The SMILES string of the molecule is Cc1cc(=O)[nH]c(Sc2cc(C(=O)O)c(Cl)cn2)n1. The summed E-state index contributed by atoms with van der Waals surface area (Å²) >= 11 is 6.78. The van der Waals surface area contributed by atoms with E-state index in [1.807, 2.05) is 0 Å². The molecule has 0 aliphatic carbocycles. The number of carbonyl (C=O) groups is 1. The van der Waals surface area contributed by atoms with Crippen LogP contribution in [-0.4, -0.2) is 26.0 Å². The number of aromatic nitrogens is 3. The highest BCUT2D eigenvalue weighted by atomic mass is 35.5. The zero-order chi connectivity index (χ0) is 14.0. The van der Waals surface area contributed by atoms with Gasteiger partial charge in [0.1, 0.15) is 5.03 Å². The fraction of sp³-hybridized carbons (Fsp3) is 0.0909. The first kappa shape index (κ1) is 13.6. The van der Waals surface area contributed by atoms with E-state index in [-0.39, 0.29) is 16.1 Å². The first-order valence-electron chi connectivity index (χ1n) is 5.10. The van der Waals surface area contributed by atoms with Crippen molar-refractivity contribution in [2.24, 2.45) is 0 Å². The van der Waals surface area contributed by atoms with Gasteiger partial charge >= 0.3 is 5.97 Å². The zero-order valence-corrected chi connectivity index (χ0v) is 11.2. The van der Waals surface area contributed by atoms with Gasteiger partial charge in [0.25, 0.3) is 5.56 Å². The quantitative estimate of drug-likeness (QED) is 0.841. The molecule has 19 heavy (non-hydrogen) atoms. The number of hydrogen-bond donors (Lipinski definition) is 2. The lowest BCUT2D eigenvalue weighted by Crippen LogP contribution is -2.08. The van der Waals surface area contributed by atoms with Gasteiger partial charge in [-0.25, -0.2) is 14.8 Å². The van der Waals surface area contributed by atoms with Gasteiger partial charge < -0.3 is 10.1 Å². The van der Waals surface area contributed by atoms with E-state index in [0.29, 0.717) is 15.9 Å². The van der Waals surface area contributed by atoms with Gasteiger partial charge in [0.05, 0.1) is 10.6 Å². The highest BCUT2D eigenvalue weighted by molar-refractivity contribution is 7.99. The van der Waals surface area contributed by atoms with E-state index in [4.69, 9.17) is 16.7 Å². The van der Waals surface area contributed by atoms with Gasteiger partial charge in [-0.15, -0.1) is 0 Å². The predicted molar refractivity (Wildman–Crippen MR) is 69.9 cm³/mol. The van der Waals surface area contributed by atoms with Crippen molar-refractivity contribution in [1.29, 1.82) is 0 Å². The van der Waals surface area contributed by atoms with Crippen LogP contribution < -0.4 is 5.56 Å². The third kappa shape index (κ3) is 3.33. The number of aromatic carboxylic acids is 1. The Kier molecular flexibility index (Phi) is 3.87. The molecule has 98 valence electrons. The van der Waals surface area contributed by atoms with E-state index in [9.17, 15) is 9.59 Å². The predicted octanol–water partition coefficient (Wildman–Crippen LogP) is 1.98. The molecule has 2 N–H and O–H groups in total. The van der Waals surface area contributed by atoms with Gasteiger partial charge in [0.15, 0.2) is 5.16 Å². The number of aryl methyl sites for hydroxylation is 1. The Morgan fingerprint density at radius 1 is 1.47 bits per heavy atom. The molecule has 0 aliphatic heterocycles. The van der Waals surface area contributed by atoms with E-state index in [1.165, 1.54) is 18.3 Å². The van der Waals surface area contributed by atoms with Crippen molar-refractivity contribution >= 4 is 29.3 Å². The van der Waals surface area contributed by atoms with Crippen LogP contribution in [0.4, 0.5) is 0 Å². The molecule has 0 aliphatic rings. The molecule has 0 radical (unpaired) electrons. The fourth-order valence-corrected chi connectivity index (χ4v) is 2.34. The molecular weight excluding hydrogens is 290 g/mol. The number of aromatic amines is 1. The van der Waals surface area contributed by atoms with Crippen molar-refractivity contribution in [2.75, 3.05) is 0 Å². The summed E-state index contributed by atoms with van der Waals surface area (Å²) in [6.07, 6.45) is 1.25. The Hall–Kier alpha value is -1.86. The maximum atomic E-state index is 11.3. The molecule has 0 amide bonds. The minimum absolute atomic E-state index is 0.0471. The molecule has 0 atom stereocenters. The molecule has 6 nitrogen and oxygen atoms in total. The van der Waals surface area contributed by atoms with Crippen molar-refractivity contribution in [1.82, 2.24) is 15.0 Å². The summed E-state index contributed by atoms with van der Waals surface area (Å²) in [7, 11) is 0. The van der Waals surface area contributed by atoms with Crippen molar-refractivity contribution in [3.05, 3.63) is 45.0 Å². The number of pyridine rings is 1. The maximum Gasteiger partial charge on any atom is 0.337 e. The van der Waals surface area contributed by atoms with Crippen molar-refractivity contribution in [3.8, 4) is 0 Å². The highest BCUT2D eigenvalue weighted by Crippen LogP contribution is 2.25. The van der Waals surface area contributed by atoms with E-state index in [2.05, 4.69) is 15.0 Å². The lowest BCUT2D eigenvalue weighted by Gasteiger charge is -2.03. The molecule has 0 bridgehead atoms. The first-order chi connectivity index (χ1) is 8.95. The molecule has 0 saturated carbocycles. The molecule has 2 rings (SSSR count). The van der Waals surface area contributed by atoms with Crippen molar-refractivity contribution in [2.45, 2.75) is 17.1 Å². The Morgan fingerprint density at radius 3 is 2.84 bits per heavy atom. The summed E-state index contributed by atoms with van der Waals surface area (Å²) in [4.78, 5) is 32.9. The summed E-state index contributed by atoms with van der Waals surface area (Å²) in [6, 6.07) is 2.69. The van der Waals surface area contributed by atoms with Crippen molar-refractivity contribution < 1.29 is 9.90 Å². The Balaban J connectivity index is 2.36. The molecule has 0 fully saturated rings. The lowest BCUT2D eigenvalue weighted by molar-refractivity contribution is 0.0696. The van der Waals surface area contributed by atoms with Gasteiger partial charge in [0.2, 0.25) is 0 Å². The number of rotatable bonds is 3. The van der Waals surface area contributed by atoms with E-state index in [1.54, 1.807) is 6.92 Å². The van der Waals surface area contributed by atoms with Crippen LogP contribution in [0.3, 0.4) is 0 Å². The average molecular weight is 298 g/mol. The zero-order valence-electron chi connectivity index (χ0n) is 9.68. The molecule has 2 aromatic heterocycles. The number of hydrogen-bond acceptors (Lipinski definition) is 5. The Labute approximate surface area is 116 Å². The Bertz CT molecular complexity index is 702. The van der Waals surface area contributed by atoms with Crippen LogP contribution in [0.5, 0.6) is 0 Å². The number of halogens is 1. The van der Waals surface area contributed by atoms with E-state index >= 15 is 0 Å².